The standard InChI is InChI=1S/C14H32N2/c1-6-9-14(15-10-7-2)12-16(8-3)11-13(4)5/h13-15H,6-12H2,1-5H3. The quantitative estimate of drug-likeness (QED) is 0.618. The van der Waals surface area contributed by atoms with E-state index in [4.69, 9.17) is 0 Å². The number of hydrogen-bond donors (Lipinski definition) is 1. The Labute approximate surface area is 103 Å². The molecule has 0 radical (unpaired) electrons. The minimum atomic E-state index is 0.684. The Balaban J connectivity index is 4.00. The monoisotopic (exact) mass is 228 g/mol. The van der Waals surface area contributed by atoms with Gasteiger partial charge in [0.1, 0.15) is 0 Å². The third kappa shape index (κ3) is 8.12. The third-order valence-corrected chi connectivity index (χ3v) is 2.87. The van der Waals surface area contributed by atoms with Crippen LogP contribution in [-0.4, -0.2) is 37.1 Å². The van der Waals surface area contributed by atoms with Crippen molar-refractivity contribution in [2.45, 2.75) is 59.9 Å². The molecule has 1 unspecified atom stereocenters. The third-order valence-electron chi connectivity index (χ3n) is 2.87. The van der Waals surface area contributed by atoms with E-state index in [1.165, 1.54) is 38.9 Å². The average molecular weight is 228 g/mol. The number of nitrogens with one attached hydrogen (secondary N) is 1. The molecule has 2 nitrogen and oxygen atoms in total. The Bertz CT molecular complexity index is 146. The van der Waals surface area contributed by atoms with E-state index < -0.39 is 0 Å². The highest BCUT2D eigenvalue weighted by atomic mass is 15.1. The van der Waals surface area contributed by atoms with Crippen LogP contribution in [0.5, 0.6) is 0 Å². The lowest BCUT2D eigenvalue weighted by molar-refractivity contribution is 0.223. The molecule has 0 aliphatic rings. The SMILES string of the molecule is CCCNC(CCC)CN(CC)CC(C)C. The minimum Gasteiger partial charge on any atom is -0.313 e. The predicted molar refractivity (Wildman–Crippen MR) is 73.9 cm³/mol. The van der Waals surface area contributed by atoms with Gasteiger partial charge in [-0.05, 0) is 31.8 Å². The Morgan fingerprint density at radius 3 is 2.12 bits per heavy atom. The molecule has 0 rings (SSSR count). The van der Waals surface area contributed by atoms with Gasteiger partial charge < -0.3 is 10.2 Å². The molecule has 2 heteroatoms. The van der Waals surface area contributed by atoms with Crippen LogP contribution in [0.3, 0.4) is 0 Å². The van der Waals surface area contributed by atoms with E-state index in [2.05, 4.69) is 44.8 Å². The van der Waals surface area contributed by atoms with Gasteiger partial charge in [0.2, 0.25) is 0 Å². The van der Waals surface area contributed by atoms with Gasteiger partial charge in [0.15, 0.2) is 0 Å². The lowest BCUT2D eigenvalue weighted by Crippen LogP contribution is -2.42. The van der Waals surface area contributed by atoms with Crippen molar-refractivity contribution in [1.29, 1.82) is 0 Å². The normalized spacial score (nSPS) is 13.7. The molecule has 98 valence electrons. The van der Waals surface area contributed by atoms with E-state index in [0.717, 1.165) is 12.5 Å². The van der Waals surface area contributed by atoms with E-state index in [0.29, 0.717) is 6.04 Å². The van der Waals surface area contributed by atoms with Gasteiger partial charge in [-0.25, -0.2) is 0 Å². The van der Waals surface area contributed by atoms with Gasteiger partial charge >= 0.3 is 0 Å². The summed E-state index contributed by atoms with van der Waals surface area (Å²) in [6.07, 6.45) is 3.81. The van der Waals surface area contributed by atoms with Crippen molar-refractivity contribution in [3.63, 3.8) is 0 Å². The van der Waals surface area contributed by atoms with Crippen LogP contribution in [0.2, 0.25) is 0 Å². The summed E-state index contributed by atoms with van der Waals surface area (Å²) in [7, 11) is 0. The highest BCUT2D eigenvalue weighted by Gasteiger charge is 2.12. The first-order valence-electron chi connectivity index (χ1n) is 7.09. The number of likely N-dealkylation sites (N-methyl/N-ethyl adjacent to an activating group) is 1. The van der Waals surface area contributed by atoms with E-state index >= 15 is 0 Å². The highest BCUT2D eigenvalue weighted by Crippen LogP contribution is 2.04. The minimum absolute atomic E-state index is 0.684. The molecule has 0 aromatic heterocycles. The Kier molecular flexibility index (Phi) is 10.0. The molecule has 0 aliphatic carbocycles. The van der Waals surface area contributed by atoms with Crippen LogP contribution in [0.4, 0.5) is 0 Å². The molecule has 16 heavy (non-hydrogen) atoms. The topological polar surface area (TPSA) is 15.3 Å². The van der Waals surface area contributed by atoms with Crippen molar-refractivity contribution >= 4 is 0 Å². The Morgan fingerprint density at radius 1 is 1.00 bits per heavy atom. The van der Waals surface area contributed by atoms with E-state index in [1.807, 2.05) is 0 Å². The van der Waals surface area contributed by atoms with Crippen LogP contribution in [0, 0.1) is 5.92 Å². The average Bonchev–Trinajstić information content (AvgIpc) is 2.24. The van der Waals surface area contributed by atoms with E-state index in [9.17, 15) is 0 Å². The van der Waals surface area contributed by atoms with E-state index in [-0.39, 0.29) is 0 Å². The largest absolute Gasteiger partial charge is 0.313 e. The van der Waals surface area contributed by atoms with Gasteiger partial charge in [-0.15, -0.1) is 0 Å². The highest BCUT2D eigenvalue weighted by molar-refractivity contribution is 4.72. The molecule has 1 atom stereocenters. The summed E-state index contributed by atoms with van der Waals surface area (Å²) in [5.41, 5.74) is 0. The molecule has 0 saturated heterocycles. The second kappa shape index (κ2) is 10.1. The van der Waals surface area contributed by atoms with Gasteiger partial charge in [-0.2, -0.15) is 0 Å². The molecule has 0 fully saturated rings. The summed E-state index contributed by atoms with van der Waals surface area (Å²) in [6, 6.07) is 0.684. The molecule has 0 aromatic carbocycles. The second-order valence-electron chi connectivity index (χ2n) is 5.19. The molecule has 0 spiro atoms. The predicted octanol–water partition coefficient (Wildman–Crippen LogP) is 3.13. The maximum atomic E-state index is 3.67. The van der Waals surface area contributed by atoms with Crippen LogP contribution in [0.15, 0.2) is 0 Å². The maximum Gasteiger partial charge on any atom is 0.0194 e. The second-order valence-corrected chi connectivity index (χ2v) is 5.19. The Hall–Kier alpha value is -0.0800. The zero-order chi connectivity index (χ0) is 12.4. The van der Waals surface area contributed by atoms with Crippen molar-refractivity contribution in [3.05, 3.63) is 0 Å². The Morgan fingerprint density at radius 2 is 1.69 bits per heavy atom. The molecule has 1 N–H and O–H groups in total. The van der Waals surface area contributed by atoms with Gasteiger partial charge in [-0.3, -0.25) is 0 Å². The van der Waals surface area contributed by atoms with Crippen LogP contribution in [0.25, 0.3) is 0 Å². The summed E-state index contributed by atoms with van der Waals surface area (Å²) >= 11 is 0. The lowest BCUT2D eigenvalue weighted by atomic mass is 10.1. The molecule has 0 amide bonds. The van der Waals surface area contributed by atoms with Crippen LogP contribution < -0.4 is 5.32 Å². The van der Waals surface area contributed by atoms with Crippen molar-refractivity contribution in [2.24, 2.45) is 5.92 Å². The lowest BCUT2D eigenvalue weighted by Gasteiger charge is -2.28. The fourth-order valence-electron chi connectivity index (χ4n) is 2.12. The molecule has 0 aromatic rings. The summed E-state index contributed by atoms with van der Waals surface area (Å²) in [5.74, 6) is 0.772. The van der Waals surface area contributed by atoms with Gasteiger partial charge in [0.25, 0.3) is 0 Å². The van der Waals surface area contributed by atoms with Crippen molar-refractivity contribution in [2.75, 3.05) is 26.2 Å². The zero-order valence-electron chi connectivity index (χ0n) is 12.1. The fraction of sp³-hybridized carbons (Fsp3) is 1.00. The van der Waals surface area contributed by atoms with Gasteiger partial charge in [0, 0.05) is 19.1 Å². The molecule has 0 heterocycles. The number of hydrogen-bond acceptors (Lipinski definition) is 2. The van der Waals surface area contributed by atoms with Crippen molar-refractivity contribution in [1.82, 2.24) is 10.2 Å². The van der Waals surface area contributed by atoms with Crippen LogP contribution in [-0.2, 0) is 0 Å². The van der Waals surface area contributed by atoms with Gasteiger partial charge in [-0.1, -0.05) is 41.0 Å². The molecule has 0 aliphatic heterocycles. The summed E-state index contributed by atoms with van der Waals surface area (Å²) in [4.78, 5) is 2.58. The van der Waals surface area contributed by atoms with Gasteiger partial charge in [0.05, 0.1) is 0 Å². The smallest absolute Gasteiger partial charge is 0.0194 e. The van der Waals surface area contributed by atoms with Crippen LogP contribution >= 0.6 is 0 Å². The molecule has 0 bridgehead atoms. The van der Waals surface area contributed by atoms with Crippen molar-refractivity contribution in [3.8, 4) is 0 Å². The maximum absolute atomic E-state index is 3.67. The zero-order valence-corrected chi connectivity index (χ0v) is 12.1. The van der Waals surface area contributed by atoms with Crippen molar-refractivity contribution < 1.29 is 0 Å². The summed E-state index contributed by atoms with van der Waals surface area (Å²) < 4.78 is 0. The first kappa shape index (κ1) is 15.9. The summed E-state index contributed by atoms with van der Waals surface area (Å²) in [6.45, 7) is 16.2. The van der Waals surface area contributed by atoms with E-state index in [1.54, 1.807) is 0 Å². The first-order chi connectivity index (χ1) is 7.63. The molecular weight excluding hydrogens is 196 g/mol. The summed E-state index contributed by atoms with van der Waals surface area (Å²) in [5, 5.41) is 3.67. The number of nitrogens with zero attached hydrogens (tertiary/aromatic N) is 1. The number of rotatable bonds is 10. The molecule has 0 saturated carbocycles. The fourth-order valence-corrected chi connectivity index (χ4v) is 2.12. The first-order valence-corrected chi connectivity index (χ1v) is 7.09. The van der Waals surface area contributed by atoms with Crippen LogP contribution in [0.1, 0.15) is 53.9 Å². The molecular formula is C14H32N2.